The Morgan fingerprint density at radius 1 is 1.50 bits per heavy atom. The van der Waals surface area contributed by atoms with E-state index in [1.54, 1.807) is 0 Å². The van der Waals surface area contributed by atoms with Gasteiger partial charge in [-0.15, -0.1) is 0 Å². The Labute approximate surface area is 61.5 Å². The molecular weight excluding hydrogens is 130 g/mol. The Bertz CT molecular complexity index is 97.6. The summed E-state index contributed by atoms with van der Waals surface area (Å²) >= 11 is 0. The Hall–Kier alpha value is -0.120. The Kier molecular flexibility index (Phi) is 3.12. The summed E-state index contributed by atoms with van der Waals surface area (Å²) in [6, 6.07) is 0. The Morgan fingerprint density at radius 3 is 2.70 bits per heavy atom. The van der Waals surface area contributed by atoms with Gasteiger partial charge >= 0.3 is 0 Å². The van der Waals surface area contributed by atoms with E-state index in [1.807, 2.05) is 0 Å². The second-order valence-corrected chi connectivity index (χ2v) is 2.55. The summed E-state index contributed by atoms with van der Waals surface area (Å²) in [6.45, 7) is 2.95. The number of unbranched alkanes of at least 4 members (excludes halogenated alkanes) is 2. The zero-order valence-corrected chi connectivity index (χ0v) is 6.38. The third kappa shape index (κ3) is 2.64. The van der Waals surface area contributed by atoms with Gasteiger partial charge in [0.25, 0.3) is 0 Å². The summed E-state index contributed by atoms with van der Waals surface area (Å²) in [5, 5.41) is 0. The molecule has 0 aromatic rings. The molecule has 3 heteroatoms. The lowest BCUT2D eigenvalue weighted by Gasteiger charge is -1.97. The smallest absolute Gasteiger partial charge is 0.199 e. The van der Waals surface area contributed by atoms with Crippen LogP contribution in [0.1, 0.15) is 26.2 Å². The predicted molar refractivity (Wildman–Crippen MR) is 38.3 cm³/mol. The summed E-state index contributed by atoms with van der Waals surface area (Å²) in [7, 11) is 0. The molecule has 0 radical (unpaired) electrons. The fraction of sp³-hybridized carbons (Fsp3) is 1.00. The first-order valence-corrected chi connectivity index (χ1v) is 3.87. The van der Waals surface area contributed by atoms with E-state index in [1.165, 1.54) is 12.8 Å². The topological polar surface area (TPSA) is 47.8 Å². The molecule has 0 amide bonds. The van der Waals surface area contributed by atoms with Gasteiger partial charge in [-0.25, -0.2) is 0 Å². The van der Waals surface area contributed by atoms with Gasteiger partial charge in [0, 0.05) is 6.61 Å². The van der Waals surface area contributed by atoms with Gasteiger partial charge in [0.15, 0.2) is 12.5 Å². The van der Waals surface area contributed by atoms with Crippen molar-refractivity contribution in [1.29, 1.82) is 0 Å². The normalized spacial score (nSPS) is 30.6. The van der Waals surface area contributed by atoms with Crippen LogP contribution in [0.5, 0.6) is 0 Å². The summed E-state index contributed by atoms with van der Waals surface area (Å²) in [4.78, 5) is 0. The Balaban J connectivity index is 1.78. The molecule has 1 aliphatic rings. The standard InChI is InChI=1S/C7H15NO2/c1-2-3-4-5-9-7-6(8)10-7/h6-7H,2-5,8H2,1H3. The van der Waals surface area contributed by atoms with Crippen LogP contribution in [-0.2, 0) is 9.47 Å². The van der Waals surface area contributed by atoms with E-state index in [9.17, 15) is 0 Å². The third-order valence-corrected chi connectivity index (χ3v) is 1.51. The van der Waals surface area contributed by atoms with Gasteiger partial charge < -0.3 is 15.2 Å². The van der Waals surface area contributed by atoms with Gasteiger partial charge in [-0.05, 0) is 6.42 Å². The van der Waals surface area contributed by atoms with Crippen LogP contribution in [0.4, 0.5) is 0 Å². The number of rotatable bonds is 5. The summed E-state index contributed by atoms with van der Waals surface area (Å²) in [5.41, 5.74) is 5.33. The summed E-state index contributed by atoms with van der Waals surface area (Å²) in [5.74, 6) is 0. The van der Waals surface area contributed by atoms with Crippen molar-refractivity contribution in [1.82, 2.24) is 0 Å². The number of hydrogen-bond acceptors (Lipinski definition) is 3. The first-order chi connectivity index (χ1) is 4.84. The highest BCUT2D eigenvalue weighted by Gasteiger charge is 2.35. The Morgan fingerprint density at radius 2 is 2.20 bits per heavy atom. The lowest BCUT2D eigenvalue weighted by atomic mass is 10.3. The largest absolute Gasteiger partial charge is 0.349 e. The zero-order chi connectivity index (χ0) is 7.40. The number of epoxide rings is 1. The van der Waals surface area contributed by atoms with E-state index >= 15 is 0 Å². The van der Waals surface area contributed by atoms with Gasteiger partial charge in [-0.3, -0.25) is 0 Å². The van der Waals surface area contributed by atoms with Crippen molar-refractivity contribution < 1.29 is 9.47 Å². The average molecular weight is 145 g/mol. The van der Waals surface area contributed by atoms with Crippen molar-refractivity contribution in [3.63, 3.8) is 0 Å². The van der Waals surface area contributed by atoms with Crippen molar-refractivity contribution in [3.05, 3.63) is 0 Å². The molecule has 0 aromatic carbocycles. The molecule has 10 heavy (non-hydrogen) atoms. The summed E-state index contributed by atoms with van der Waals surface area (Å²) < 4.78 is 10.1. The maximum Gasteiger partial charge on any atom is 0.199 e. The molecule has 0 saturated carbocycles. The number of ether oxygens (including phenoxy) is 2. The second-order valence-electron chi connectivity index (χ2n) is 2.55. The maximum absolute atomic E-state index is 5.33. The van der Waals surface area contributed by atoms with Gasteiger partial charge in [-0.2, -0.15) is 0 Å². The molecule has 2 N–H and O–H groups in total. The van der Waals surface area contributed by atoms with Gasteiger partial charge in [0.1, 0.15) is 0 Å². The fourth-order valence-corrected chi connectivity index (χ4v) is 0.795. The van der Waals surface area contributed by atoms with Gasteiger partial charge in [0.05, 0.1) is 0 Å². The molecule has 0 aliphatic carbocycles. The monoisotopic (exact) mass is 145 g/mol. The van der Waals surface area contributed by atoms with Crippen LogP contribution < -0.4 is 5.73 Å². The minimum absolute atomic E-state index is 0.100. The van der Waals surface area contributed by atoms with Crippen molar-refractivity contribution in [2.24, 2.45) is 5.73 Å². The molecule has 1 fully saturated rings. The van der Waals surface area contributed by atoms with E-state index in [0.717, 1.165) is 13.0 Å². The highest BCUT2D eigenvalue weighted by molar-refractivity contribution is 4.68. The quantitative estimate of drug-likeness (QED) is 0.460. The van der Waals surface area contributed by atoms with Crippen molar-refractivity contribution in [2.75, 3.05) is 6.61 Å². The molecule has 3 nitrogen and oxygen atoms in total. The lowest BCUT2D eigenvalue weighted by Crippen LogP contribution is -2.08. The fourth-order valence-electron chi connectivity index (χ4n) is 0.795. The molecule has 60 valence electrons. The van der Waals surface area contributed by atoms with E-state index in [0.29, 0.717) is 0 Å². The van der Waals surface area contributed by atoms with E-state index < -0.39 is 0 Å². The lowest BCUT2D eigenvalue weighted by molar-refractivity contribution is 0.0480. The summed E-state index contributed by atoms with van der Waals surface area (Å²) in [6.07, 6.45) is 3.31. The van der Waals surface area contributed by atoms with Crippen molar-refractivity contribution >= 4 is 0 Å². The molecule has 2 atom stereocenters. The maximum atomic E-state index is 5.33. The van der Waals surface area contributed by atoms with Gasteiger partial charge in [0.2, 0.25) is 0 Å². The van der Waals surface area contributed by atoms with Crippen LogP contribution in [0.25, 0.3) is 0 Å². The van der Waals surface area contributed by atoms with Crippen LogP contribution >= 0.6 is 0 Å². The average Bonchev–Trinajstić information content (AvgIpc) is 2.60. The molecule has 1 saturated heterocycles. The molecule has 0 aromatic heterocycles. The molecule has 2 unspecified atom stereocenters. The molecular formula is C7H15NO2. The number of hydrogen-bond donors (Lipinski definition) is 1. The predicted octanol–water partition coefficient (Wildman–Crippen LogP) is 0.834. The van der Waals surface area contributed by atoms with Crippen LogP contribution in [0, 0.1) is 0 Å². The molecule has 1 aliphatic heterocycles. The molecule has 0 spiro atoms. The molecule has 1 heterocycles. The first kappa shape index (κ1) is 7.98. The highest BCUT2D eigenvalue weighted by atomic mass is 16.8. The molecule has 1 rings (SSSR count). The van der Waals surface area contributed by atoms with E-state index in [4.69, 9.17) is 15.2 Å². The highest BCUT2D eigenvalue weighted by Crippen LogP contribution is 2.17. The SMILES string of the molecule is CCCCCOC1OC1N. The van der Waals surface area contributed by atoms with Crippen LogP contribution in [-0.4, -0.2) is 19.1 Å². The van der Waals surface area contributed by atoms with Gasteiger partial charge in [-0.1, -0.05) is 19.8 Å². The van der Waals surface area contributed by atoms with Crippen LogP contribution in [0.15, 0.2) is 0 Å². The van der Waals surface area contributed by atoms with E-state index in [-0.39, 0.29) is 12.5 Å². The molecule has 0 bridgehead atoms. The zero-order valence-electron chi connectivity index (χ0n) is 6.38. The third-order valence-electron chi connectivity index (χ3n) is 1.51. The van der Waals surface area contributed by atoms with Crippen LogP contribution in [0.3, 0.4) is 0 Å². The van der Waals surface area contributed by atoms with Crippen molar-refractivity contribution in [2.45, 2.75) is 38.7 Å². The first-order valence-electron chi connectivity index (χ1n) is 3.87. The minimum atomic E-state index is -0.151. The second kappa shape index (κ2) is 3.91. The van der Waals surface area contributed by atoms with Crippen molar-refractivity contribution in [3.8, 4) is 0 Å². The van der Waals surface area contributed by atoms with E-state index in [2.05, 4.69) is 6.92 Å². The number of nitrogens with two attached hydrogens (primary N) is 1. The van der Waals surface area contributed by atoms with Crippen LogP contribution in [0.2, 0.25) is 0 Å². The minimum Gasteiger partial charge on any atom is -0.349 e.